The quantitative estimate of drug-likeness (QED) is 0.912. The number of hydrogen-bond acceptors (Lipinski definition) is 4. The van der Waals surface area contributed by atoms with E-state index >= 15 is 0 Å². The van der Waals surface area contributed by atoms with Crippen LogP contribution in [0.5, 0.6) is 0 Å². The number of rotatable bonds is 4. The van der Waals surface area contributed by atoms with Crippen LogP contribution in [-0.2, 0) is 24.8 Å². The van der Waals surface area contributed by atoms with Crippen LogP contribution < -0.4 is 5.32 Å². The SMILES string of the molecule is Cn1ccc(NC(=O)CN2CCC(N3CCc4ccccc4C3)CC2)n1. The summed E-state index contributed by atoms with van der Waals surface area (Å²) in [5.74, 6) is 0.647. The molecule has 26 heavy (non-hydrogen) atoms. The van der Waals surface area contributed by atoms with E-state index in [0.29, 0.717) is 18.4 Å². The number of aromatic nitrogens is 2. The average Bonchev–Trinajstić information content (AvgIpc) is 3.06. The first-order valence-electron chi connectivity index (χ1n) is 9.50. The van der Waals surface area contributed by atoms with E-state index in [4.69, 9.17) is 0 Å². The van der Waals surface area contributed by atoms with Gasteiger partial charge in [-0.05, 0) is 30.4 Å². The summed E-state index contributed by atoms with van der Waals surface area (Å²) >= 11 is 0. The number of nitrogens with zero attached hydrogens (tertiary/aromatic N) is 4. The number of anilines is 1. The van der Waals surface area contributed by atoms with Crippen LogP contribution in [0.3, 0.4) is 0 Å². The number of nitrogens with one attached hydrogen (secondary N) is 1. The summed E-state index contributed by atoms with van der Waals surface area (Å²) in [5, 5.41) is 7.07. The Kier molecular flexibility index (Phi) is 5.04. The second-order valence-electron chi connectivity index (χ2n) is 7.42. The van der Waals surface area contributed by atoms with Crippen molar-refractivity contribution in [2.45, 2.75) is 31.8 Å². The molecule has 1 aromatic carbocycles. The van der Waals surface area contributed by atoms with E-state index in [1.54, 1.807) is 4.68 Å². The van der Waals surface area contributed by atoms with Gasteiger partial charge in [-0.15, -0.1) is 0 Å². The lowest BCUT2D eigenvalue weighted by Crippen LogP contribution is -2.48. The third kappa shape index (κ3) is 3.97. The predicted octanol–water partition coefficient (Wildman–Crippen LogP) is 1.88. The zero-order valence-electron chi connectivity index (χ0n) is 15.4. The van der Waals surface area contributed by atoms with Crippen LogP contribution >= 0.6 is 0 Å². The van der Waals surface area contributed by atoms with Crippen LogP contribution in [0.2, 0.25) is 0 Å². The van der Waals surface area contributed by atoms with Crippen LogP contribution in [0.25, 0.3) is 0 Å². The molecule has 1 aromatic heterocycles. The Labute approximate surface area is 154 Å². The zero-order valence-corrected chi connectivity index (χ0v) is 15.4. The largest absolute Gasteiger partial charge is 0.308 e. The van der Waals surface area contributed by atoms with Crippen molar-refractivity contribution in [2.75, 3.05) is 31.5 Å². The maximum atomic E-state index is 12.2. The van der Waals surface area contributed by atoms with Crippen molar-refractivity contribution in [3.05, 3.63) is 47.7 Å². The lowest BCUT2D eigenvalue weighted by Gasteiger charge is -2.40. The van der Waals surface area contributed by atoms with Gasteiger partial charge in [0.1, 0.15) is 0 Å². The first-order valence-corrected chi connectivity index (χ1v) is 9.50. The number of benzene rings is 1. The number of carbonyl (C=O) groups excluding carboxylic acids is 1. The number of amides is 1. The van der Waals surface area contributed by atoms with E-state index in [0.717, 1.165) is 45.4 Å². The molecule has 138 valence electrons. The van der Waals surface area contributed by atoms with Crippen LogP contribution in [0.15, 0.2) is 36.5 Å². The van der Waals surface area contributed by atoms with Gasteiger partial charge < -0.3 is 5.32 Å². The number of likely N-dealkylation sites (tertiary alicyclic amines) is 1. The topological polar surface area (TPSA) is 53.4 Å². The van der Waals surface area contributed by atoms with E-state index in [1.807, 2.05) is 19.3 Å². The minimum absolute atomic E-state index is 0.0223. The highest BCUT2D eigenvalue weighted by molar-refractivity contribution is 5.91. The van der Waals surface area contributed by atoms with Crippen LogP contribution in [-0.4, -0.2) is 57.7 Å². The summed E-state index contributed by atoms with van der Waals surface area (Å²) in [6, 6.07) is 11.3. The first kappa shape index (κ1) is 17.2. The number of piperidine rings is 1. The molecule has 0 bridgehead atoms. The molecule has 1 N–H and O–H groups in total. The summed E-state index contributed by atoms with van der Waals surface area (Å²) in [6.07, 6.45) is 5.26. The molecule has 4 rings (SSSR count). The van der Waals surface area contributed by atoms with Gasteiger partial charge in [-0.25, -0.2) is 0 Å². The number of aryl methyl sites for hydroxylation is 1. The van der Waals surface area contributed by atoms with Gasteiger partial charge in [0.15, 0.2) is 5.82 Å². The molecule has 0 spiro atoms. The highest BCUT2D eigenvalue weighted by Gasteiger charge is 2.27. The van der Waals surface area contributed by atoms with Crippen LogP contribution in [0, 0.1) is 0 Å². The Balaban J connectivity index is 1.25. The number of fused-ring (bicyclic) bond motifs is 1. The number of carbonyl (C=O) groups is 1. The van der Waals surface area contributed by atoms with Gasteiger partial charge in [0.25, 0.3) is 0 Å². The maximum absolute atomic E-state index is 12.2. The van der Waals surface area contributed by atoms with Crippen molar-refractivity contribution < 1.29 is 4.79 Å². The molecule has 6 heteroatoms. The fraction of sp³-hybridized carbons (Fsp3) is 0.500. The Hall–Kier alpha value is -2.18. The molecule has 1 fully saturated rings. The van der Waals surface area contributed by atoms with Crippen molar-refractivity contribution in [3.8, 4) is 0 Å². The fourth-order valence-electron chi connectivity index (χ4n) is 4.14. The highest BCUT2D eigenvalue weighted by atomic mass is 16.2. The molecule has 0 radical (unpaired) electrons. The van der Waals surface area contributed by atoms with E-state index < -0.39 is 0 Å². The summed E-state index contributed by atoms with van der Waals surface area (Å²) in [7, 11) is 1.85. The molecule has 0 aliphatic carbocycles. The molecule has 1 amide bonds. The Morgan fingerprint density at radius 1 is 1.15 bits per heavy atom. The van der Waals surface area contributed by atoms with Gasteiger partial charge in [0.05, 0.1) is 6.54 Å². The van der Waals surface area contributed by atoms with Crippen LogP contribution in [0.4, 0.5) is 5.82 Å². The first-order chi connectivity index (χ1) is 12.7. The molecule has 1 saturated heterocycles. The van der Waals surface area contributed by atoms with Gasteiger partial charge in [-0.2, -0.15) is 5.10 Å². The molecule has 2 aliphatic rings. The van der Waals surface area contributed by atoms with Gasteiger partial charge >= 0.3 is 0 Å². The van der Waals surface area contributed by atoms with E-state index in [2.05, 4.69) is 44.5 Å². The smallest absolute Gasteiger partial charge is 0.239 e. The molecule has 2 aromatic rings. The summed E-state index contributed by atoms with van der Waals surface area (Å²) in [4.78, 5) is 17.1. The zero-order chi connectivity index (χ0) is 17.9. The van der Waals surface area contributed by atoms with Crippen molar-refractivity contribution in [1.82, 2.24) is 19.6 Å². The van der Waals surface area contributed by atoms with Crippen LogP contribution in [0.1, 0.15) is 24.0 Å². The fourth-order valence-corrected chi connectivity index (χ4v) is 4.14. The van der Waals surface area contributed by atoms with Gasteiger partial charge in [0.2, 0.25) is 5.91 Å². The Morgan fingerprint density at radius 3 is 2.65 bits per heavy atom. The minimum atomic E-state index is 0.0223. The Bertz CT molecular complexity index is 763. The summed E-state index contributed by atoms with van der Waals surface area (Å²) in [5.41, 5.74) is 2.99. The molecule has 0 atom stereocenters. The monoisotopic (exact) mass is 353 g/mol. The van der Waals surface area contributed by atoms with Crippen molar-refractivity contribution in [3.63, 3.8) is 0 Å². The summed E-state index contributed by atoms with van der Waals surface area (Å²) in [6.45, 7) is 4.64. The predicted molar refractivity (Wildman–Crippen MR) is 102 cm³/mol. The van der Waals surface area contributed by atoms with Crippen molar-refractivity contribution >= 4 is 11.7 Å². The highest BCUT2D eigenvalue weighted by Crippen LogP contribution is 2.24. The molecular formula is C20H27N5O. The molecular weight excluding hydrogens is 326 g/mol. The second-order valence-corrected chi connectivity index (χ2v) is 7.42. The normalized spacial score (nSPS) is 19.3. The third-order valence-electron chi connectivity index (χ3n) is 5.58. The Morgan fingerprint density at radius 2 is 1.92 bits per heavy atom. The van der Waals surface area contributed by atoms with Crippen molar-refractivity contribution in [1.29, 1.82) is 0 Å². The standard InChI is InChI=1S/C20H27N5O/c1-23-10-9-19(22-23)21-20(26)15-24-11-7-18(8-12-24)25-13-6-16-4-2-3-5-17(16)14-25/h2-5,9-10,18H,6-8,11-15H2,1H3,(H,21,22,26). The van der Waals surface area contributed by atoms with E-state index in [9.17, 15) is 4.79 Å². The number of hydrogen-bond donors (Lipinski definition) is 1. The maximum Gasteiger partial charge on any atom is 0.239 e. The average molecular weight is 353 g/mol. The third-order valence-corrected chi connectivity index (χ3v) is 5.58. The molecule has 6 nitrogen and oxygen atoms in total. The van der Waals surface area contributed by atoms with Gasteiger partial charge in [0, 0.05) is 51.5 Å². The molecule has 0 unspecified atom stereocenters. The van der Waals surface area contributed by atoms with Crippen molar-refractivity contribution in [2.24, 2.45) is 7.05 Å². The van der Waals surface area contributed by atoms with E-state index in [1.165, 1.54) is 11.1 Å². The molecule has 2 aliphatic heterocycles. The lowest BCUT2D eigenvalue weighted by atomic mass is 9.95. The molecule has 3 heterocycles. The summed E-state index contributed by atoms with van der Waals surface area (Å²) < 4.78 is 1.69. The second kappa shape index (κ2) is 7.60. The van der Waals surface area contributed by atoms with Gasteiger partial charge in [-0.3, -0.25) is 19.3 Å². The van der Waals surface area contributed by atoms with E-state index in [-0.39, 0.29) is 5.91 Å². The van der Waals surface area contributed by atoms with Gasteiger partial charge in [-0.1, -0.05) is 24.3 Å². The molecule has 0 saturated carbocycles. The lowest BCUT2D eigenvalue weighted by molar-refractivity contribution is -0.117. The minimum Gasteiger partial charge on any atom is -0.308 e.